The van der Waals surface area contributed by atoms with Gasteiger partial charge in [0.25, 0.3) is 0 Å². The van der Waals surface area contributed by atoms with Crippen LogP contribution in [0.2, 0.25) is 12.1 Å². The maximum atomic E-state index is 5.42. The summed E-state index contributed by atoms with van der Waals surface area (Å²) >= 11 is 0. The first kappa shape index (κ1) is 41.4. The second-order valence-corrected chi connectivity index (χ2v) is 16.0. The van der Waals surface area contributed by atoms with Crippen molar-refractivity contribution in [2.24, 2.45) is 0 Å². The highest BCUT2D eigenvalue weighted by molar-refractivity contribution is 6.60. The maximum absolute atomic E-state index is 5.42. The summed E-state index contributed by atoms with van der Waals surface area (Å²) in [6, 6.07) is 2.45. The molecule has 0 heterocycles. The van der Waals surface area contributed by atoms with Gasteiger partial charge in [-0.1, -0.05) is 187 Å². The summed E-state index contributed by atoms with van der Waals surface area (Å²) in [5.74, 6) is 0. The molecule has 39 heavy (non-hydrogen) atoms. The molecule has 0 aliphatic carbocycles. The highest BCUT2D eigenvalue weighted by Gasteiger charge is 2.36. The quantitative estimate of drug-likeness (QED) is 0.0595. The molecule has 0 aromatic heterocycles. The minimum absolute atomic E-state index is 0.938. The fraction of sp³-hybridized carbons (Fsp3) is 1.00. The summed E-state index contributed by atoms with van der Waals surface area (Å²) in [5, 5.41) is 0. The van der Waals surface area contributed by atoms with Crippen LogP contribution in [0.5, 0.6) is 0 Å². The monoisotopic (exact) mass is 589 g/mol. The molecule has 0 aliphatic rings. The molecule has 0 fully saturated rings. The van der Waals surface area contributed by atoms with E-state index in [0.717, 1.165) is 12.5 Å². The van der Waals surface area contributed by atoms with Gasteiger partial charge in [-0.3, -0.25) is 0 Å². The fourth-order valence-corrected chi connectivity index (χ4v) is 7.66. The molecule has 0 radical (unpaired) electrons. The summed E-state index contributed by atoms with van der Waals surface area (Å²) in [6.45, 7) is 4.57. The molecule has 0 bridgehead atoms. The Morgan fingerprint density at radius 1 is 0.359 bits per heavy atom. The van der Waals surface area contributed by atoms with Crippen LogP contribution in [-0.4, -0.2) is 40.4 Å². The predicted molar refractivity (Wildman–Crippen MR) is 182 cm³/mol. The van der Waals surface area contributed by atoms with Crippen LogP contribution < -0.4 is 0 Å². The van der Waals surface area contributed by atoms with Crippen molar-refractivity contribution in [1.29, 1.82) is 0 Å². The lowest BCUT2D eigenvalue weighted by atomic mass is 10.0. The smallest absolute Gasteiger partial charge is 0.377 e. The zero-order valence-electron chi connectivity index (χ0n) is 28.2. The molecule has 0 aliphatic heterocycles. The molecule has 0 N–H and O–H groups in total. The summed E-state index contributed by atoms with van der Waals surface area (Å²) in [5.41, 5.74) is 0. The van der Waals surface area contributed by atoms with Gasteiger partial charge in [-0.05, 0) is 6.42 Å². The average Bonchev–Trinajstić information content (AvgIpc) is 2.96. The zero-order chi connectivity index (χ0) is 29.1. The van der Waals surface area contributed by atoms with Crippen LogP contribution in [0.15, 0.2) is 0 Å². The van der Waals surface area contributed by atoms with Crippen molar-refractivity contribution in [3.63, 3.8) is 0 Å². The molecule has 238 valence electrons. The topological polar surface area (TPSA) is 27.7 Å². The van der Waals surface area contributed by atoms with Crippen molar-refractivity contribution in [1.82, 2.24) is 0 Å². The summed E-state index contributed by atoms with van der Waals surface area (Å²) in [6.07, 6.45) is 38.7. The lowest BCUT2D eigenvalue weighted by Crippen LogP contribution is -2.42. The largest absolute Gasteiger partial charge is 0.500 e. The standard InChI is InChI=1S/C18H40Si.C16H36O3Si/c1-2-3-4-5-6-7-8-9-10-11-12-13-14-15-16-17-18-19;1-5-6-7-8-9-10-11-12-13-14-15-16-20(17-2,18-3)19-4/h2-18H2,1,19H3;5-16H2,1-4H3. The second kappa shape index (κ2) is 36.3. The van der Waals surface area contributed by atoms with Gasteiger partial charge >= 0.3 is 8.80 Å². The number of hydrogen-bond donors (Lipinski definition) is 0. The van der Waals surface area contributed by atoms with Crippen molar-refractivity contribution in [2.45, 2.75) is 199 Å². The van der Waals surface area contributed by atoms with E-state index in [1.54, 1.807) is 21.3 Å². The van der Waals surface area contributed by atoms with Gasteiger partial charge in [-0.2, -0.15) is 0 Å². The van der Waals surface area contributed by atoms with E-state index in [9.17, 15) is 0 Å². The van der Waals surface area contributed by atoms with E-state index < -0.39 is 8.80 Å². The lowest BCUT2D eigenvalue weighted by Gasteiger charge is -2.24. The first-order valence-corrected chi connectivity index (χ1v) is 21.2. The molecule has 0 aromatic rings. The molecule has 0 unspecified atom stereocenters. The Kier molecular flexibility index (Phi) is 38.6. The third-order valence-electron chi connectivity index (χ3n) is 8.23. The van der Waals surface area contributed by atoms with Crippen molar-refractivity contribution >= 4 is 19.0 Å². The third-order valence-corrected chi connectivity index (χ3v) is 11.8. The second-order valence-electron chi connectivity index (χ2n) is 11.9. The van der Waals surface area contributed by atoms with E-state index in [1.165, 1.54) is 183 Å². The Balaban J connectivity index is 0. The van der Waals surface area contributed by atoms with Crippen LogP contribution in [0.4, 0.5) is 0 Å². The molecule has 0 aromatic carbocycles. The fourth-order valence-electron chi connectivity index (χ4n) is 5.36. The Morgan fingerprint density at radius 3 is 0.821 bits per heavy atom. The Morgan fingerprint density at radius 2 is 0.590 bits per heavy atom. The zero-order valence-corrected chi connectivity index (χ0v) is 31.2. The molecule has 5 heteroatoms. The molecular weight excluding hydrogens is 513 g/mol. The number of rotatable bonds is 31. The van der Waals surface area contributed by atoms with Crippen LogP contribution in [0.25, 0.3) is 0 Å². The SMILES string of the molecule is CCCCCCCCCCCCCCCCCC[SiH3].CCCCCCCCCCCCC[Si](OC)(OC)OC. The first-order chi connectivity index (χ1) is 19.2. The Hall–Kier alpha value is 0.314. The molecule has 3 nitrogen and oxygen atoms in total. The van der Waals surface area contributed by atoms with Gasteiger partial charge < -0.3 is 13.3 Å². The lowest BCUT2D eigenvalue weighted by molar-refractivity contribution is 0.122. The van der Waals surface area contributed by atoms with Crippen LogP contribution in [0.1, 0.15) is 187 Å². The van der Waals surface area contributed by atoms with Gasteiger partial charge in [0.15, 0.2) is 0 Å². The van der Waals surface area contributed by atoms with Gasteiger partial charge in [0.2, 0.25) is 0 Å². The van der Waals surface area contributed by atoms with Crippen molar-refractivity contribution in [3.05, 3.63) is 0 Å². The van der Waals surface area contributed by atoms with E-state index >= 15 is 0 Å². The van der Waals surface area contributed by atoms with Crippen LogP contribution in [0, 0.1) is 0 Å². The van der Waals surface area contributed by atoms with Crippen LogP contribution in [0.3, 0.4) is 0 Å². The van der Waals surface area contributed by atoms with E-state index in [0.29, 0.717) is 0 Å². The van der Waals surface area contributed by atoms with Gasteiger partial charge in [0.1, 0.15) is 0 Å². The Labute approximate surface area is 252 Å². The molecule has 0 saturated carbocycles. The van der Waals surface area contributed by atoms with Crippen LogP contribution in [-0.2, 0) is 13.3 Å². The highest BCUT2D eigenvalue weighted by Crippen LogP contribution is 2.19. The highest BCUT2D eigenvalue weighted by atomic mass is 28.4. The normalized spacial score (nSPS) is 11.6. The number of hydrogen-bond acceptors (Lipinski definition) is 3. The molecular formula is C34H76O3Si2. The van der Waals surface area contributed by atoms with Crippen LogP contribution >= 0.6 is 0 Å². The van der Waals surface area contributed by atoms with Gasteiger partial charge in [-0.25, -0.2) is 0 Å². The molecule has 0 saturated heterocycles. The minimum Gasteiger partial charge on any atom is -0.377 e. The third kappa shape index (κ3) is 32.7. The summed E-state index contributed by atoms with van der Waals surface area (Å²) < 4.78 is 16.3. The minimum atomic E-state index is -2.31. The summed E-state index contributed by atoms with van der Waals surface area (Å²) in [4.78, 5) is 0. The molecule has 0 spiro atoms. The molecule has 0 amide bonds. The Bertz CT molecular complexity index is 395. The molecule has 0 rings (SSSR count). The van der Waals surface area contributed by atoms with Crippen molar-refractivity contribution < 1.29 is 13.3 Å². The maximum Gasteiger partial charge on any atom is 0.500 e. The van der Waals surface area contributed by atoms with Gasteiger partial charge in [0.05, 0.1) is 0 Å². The first-order valence-electron chi connectivity index (χ1n) is 17.8. The van der Waals surface area contributed by atoms with E-state index in [4.69, 9.17) is 13.3 Å². The van der Waals surface area contributed by atoms with Gasteiger partial charge in [0, 0.05) is 37.6 Å². The summed E-state index contributed by atoms with van der Waals surface area (Å²) in [7, 11) is 4.18. The van der Waals surface area contributed by atoms with Crippen molar-refractivity contribution in [3.8, 4) is 0 Å². The van der Waals surface area contributed by atoms with E-state index in [2.05, 4.69) is 13.8 Å². The van der Waals surface area contributed by atoms with E-state index in [-0.39, 0.29) is 0 Å². The van der Waals surface area contributed by atoms with E-state index in [1.807, 2.05) is 0 Å². The average molecular weight is 589 g/mol. The van der Waals surface area contributed by atoms with Crippen molar-refractivity contribution in [2.75, 3.05) is 21.3 Å². The molecule has 0 atom stereocenters. The number of unbranched alkanes of at least 4 members (excludes halogenated alkanes) is 25. The predicted octanol–water partition coefficient (Wildman–Crippen LogP) is 11.2. The van der Waals surface area contributed by atoms with Gasteiger partial charge in [-0.15, -0.1) is 0 Å².